The van der Waals surface area contributed by atoms with Crippen LogP contribution in [0.4, 0.5) is 4.39 Å². The lowest BCUT2D eigenvalue weighted by atomic mass is 10.1. The number of carbonyl (C=O) groups excluding carboxylic acids is 2. The second kappa shape index (κ2) is 8.85. The Labute approximate surface area is 175 Å². The van der Waals surface area contributed by atoms with Gasteiger partial charge in [0.25, 0.3) is 0 Å². The Morgan fingerprint density at radius 1 is 1.30 bits per heavy atom. The zero-order valence-electron chi connectivity index (χ0n) is 17.1. The Bertz CT molecular complexity index is 898. The molecule has 0 spiro atoms. The Balaban J connectivity index is 1.13. The van der Waals surface area contributed by atoms with Gasteiger partial charge < -0.3 is 15.0 Å². The molecular weight excluding hydrogens is 387 g/mol. The van der Waals surface area contributed by atoms with E-state index >= 15 is 0 Å². The predicted molar refractivity (Wildman–Crippen MR) is 108 cm³/mol. The SMILES string of the molecule is Cn1cc([C@@H]2C[C@H]2C(=O)NCC2CCN(C(=O)CCOc3ccc(F)cc3)C2)cn1. The molecule has 4 rings (SSSR count). The number of aromatic nitrogens is 2. The van der Waals surface area contributed by atoms with Crippen LogP contribution in [0.15, 0.2) is 36.7 Å². The fourth-order valence-electron chi connectivity index (χ4n) is 4.03. The minimum Gasteiger partial charge on any atom is -0.493 e. The molecule has 0 bridgehead atoms. The van der Waals surface area contributed by atoms with E-state index in [9.17, 15) is 14.0 Å². The molecular formula is C22H27FN4O3. The van der Waals surface area contributed by atoms with Crippen LogP contribution >= 0.6 is 0 Å². The number of ether oxygens (including phenoxy) is 1. The first-order valence-corrected chi connectivity index (χ1v) is 10.4. The van der Waals surface area contributed by atoms with Crippen molar-refractivity contribution < 1.29 is 18.7 Å². The first-order chi connectivity index (χ1) is 14.5. The van der Waals surface area contributed by atoms with Crippen molar-refractivity contribution in [3.63, 3.8) is 0 Å². The summed E-state index contributed by atoms with van der Waals surface area (Å²) in [7, 11) is 1.88. The Hall–Kier alpha value is -2.90. The van der Waals surface area contributed by atoms with Crippen molar-refractivity contribution in [2.24, 2.45) is 18.9 Å². The van der Waals surface area contributed by atoms with Gasteiger partial charge in [-0.15, -0.1) is 0 Å². The number of hydrogen-bond acceptors (Lipinski definition) is 4. The van der Waals surface area contributed by atoms with Crippen LogP contribution in [0.5, 0.6) is 5.75 Å². The van der Waals surface area contributed by atoms with Crippen molar-refractivity contribution in [1.29, 1.82) is 0 Å². The number of rotatable bonds is 8. The first kappa shape index (κ1) is 20.4. The van der Waals surface area contributed by atoms with Gasteiger partial charge in [-0.1, -0.05) is 0 Å². The van der Waals surface area contributed by atoms with Crippen molar-refractivity contribution in [1.82, 2.24) is 20.0 Å². The fraction of sp³-hybridized carbons (Fsp3) is 0.500. The Morgan fingerprint density at radius 2 is 2.10 bits per heavy atom. The molecule has 30 heavy (non-hydrogen) atoms. The van der Waals surface area contributed by atoms with Crippen molar-refractivity contribution >= 4 is 11.8 Å². The number of nitrogens with zero attached hydrogens (tertiary/aromatic N) is 3. The summed E-state index contributed by atoms with van der Waals surface area (Å²) in [5, 5.41) is 7.23. The maximum atomic E-state index is 12.9. The van der Waals surface area contributed by atoms with E-state index in [2.05, 4.69) is 10.4 Å². The van der Waals surface area contributed by atoms with Crippen LogP contribution in [0, 0.1) is 17.7 Å². The molecule has 7 nitrogen and oxygen atoms in total. The van der Waals surface area contributed by atoms with Crippen molar-refractivity contribution in [3.8, 4) is 5.75 Å². The van der Waals surface area contributed by atoms with Gasteiger partial charge in [-0.25, -0.2) is 4.39 Å². The van der Waals surface area contributed by atoms with Crippen LogP contribution in [0.25, 0.3) is 0 Å². The van der Waals surface area contributed by atoms with Gasteiger partial charge in [-0.05, 0) is 54.5 Å². The van der Waals surface area contributed by atoms with E-state index < -0.39 is 0 Å². The van der Waals surface area contributed by atoms with Crippen molar-refractivity contribution in [2.75, 3.05) is 26.2 Å². The lowest BCUT2D eigenvalue weighted by molar-refractivity contribution is -0.130. The Kier molecular flexibility index (Phi) is 6.01. The Morgan fingerprint density at radius 3 is 2.83 bits per heavy atom. The summed E-state index contributed by atoms with van der Waals surface area (Å²) in [6.45, 7) is 2.23. The van der Waals surface area contributed by atoms with Gasteiger partial charge >= 0.3 is 0 Å². The third-order valence-electron chi connectivity index (χ3n) is 5.88. The highest BCUT2D eigenvalue weighted by Gasteiger charge is 2.44. The monoisotopic (exact) mass is 414 g/mol. The van der Waals surface area contributed by atoms with Gasteiger partial charge in [-0.3, -0.25) is 14.3 Å². The van der Waals surface area contributed by atoms with E-state index in [1.165, 1.54) is 12.1 Å². The normalized spacial score (nSPS) is 22.7. The number of aryl methyl sites for hydroxylation is 1. The second-order valence-corrected chi connectivity index (χ2v) is 8.19. The third-order valence-corrected chi connectivity index (χ3v) is 5.88. The number of hydrogen-bond donors (Lipinski definition) is 1. The molecule has 1 aliphatic heterocycles. The topological polar surface area (TPSA) is 76.5 Å². The van der Waals surface area contributed by atoms with E-state index in [0.717, 1.165) is 18.4 Å². The molecule has 2 aliphatic rings. The molecule has 1 aromatic carbocycles. The summed E-state index contributed by atoms with van der Waals surface area (Å²) < 4.78 is 20.2. The summed E-state index contributed by atoms with van der Waals surface area (Å²) in [6.07, 6.45) is 5.85. The van der Waals surface area contributed by atoms with Crippen molar-refractivity contribution in [3.05, 3.63) is 48.0 Å². The second-order valence-electron chi connectivity index (χ2n) is 8.19. The number of amides is 2. The lowest BCUT2D eigenvalue weighted by Crippen LogP contribution is -2.34. The molecule has 8 heteroatoms. The van der Waals surface area contributed by atoms with Gasteiger partial charge in [0.05, 0.1) is 19.2 Å². The van der Waals surface area contributed by atoms with E-state index in [1.807, 2.05) is 24.3 Å². The molecule has 2 heterocycles. The average Bonchev–Trinajstić information content (AvgIpc) is 3.18. The van der Waals surface area contributed by atoms with E-state index in [4.69, 9.17) is 4.74 Å². The summed E-state index contributed by atoms with van der Waals surface area (Å²) >= 11 is 0. The maximum Gasteiger partial charge on any atom is 0.226 e. The third kappa shape index (κ3) is 4.98. The molecule has 160 valence electrons. The van der Waals surface area contributed by atoms with Gasteiger partial charge in [-0.2, -0.15) is 5.10 Å². The van der Waals surface area contributed by atoms with Crippen LogP contribution in [-0.4, -0.2) is 52.7 Å². The molecule has 1 saturated heterocycles. The quantitative estimate of drug-likeness (QED) is 0.718. The van der Waals surface area contributed by atoms with Crippen LogP contribution < -0.4 is 10.1 Å². The van der Waals surface area contributed by atoms with Crippen LogP contribution in [0.3, 0.4) is 0 Å². The number of halogens is 1. The number of benzene rings is 1. The molecule has 1 aromatic heterocycles. The lowest BCUT2D eigenvalue weighted by Gasteiger charge is -2.17. The van der Waals surface area contributed by atoms with Gasteiger partial charge in [0, 0.05) is 38.8 Å². The highest BCUT2D eigenvalue weighted by atomic mass is 19.1. The largest absolute Gasteiger partial charge is 0.493 e. The van der Waals surface area contributed by atoms with Gasteiger partial charge in [0.15, 0.2) is 0 Å². The number of nitrogens with one attached hydrogen (secondary N) is 1. The minimum absolute atomic E-state index is 0.0388. The summed E-state index contributed by atoms with van der Waals surface area (Å²) in [5.74, 6) is 0.981. The molecule has 1 aliphatic carbocycles. The molecule has 2 fully saturated rings. The molecule has 1 unspecified atom stereocenters. The predicted octanol–water partition coefficient (Wildman–Crippen LogP) is 2.10. The van der Waals surface area contributed by atoms with E-state index in [-0.39, 0.29) is 48.4 Å². The molecule has 1 saturated carbocycles. The summed E-state index contributed by atoms with van der Waals surface area (Å²) in [4.78, 5) is 26.6. The highest BCUT2D eigenvalue weighted by molar-refractivity contribution is 5.82. The fourth-order valence-corrected chi connectivity index (χ4v) is 4.03. The molecule has 1 N–H and O–H groups in total. The first-order valence-electron chi connectivity index (χ1n) is 10.4. The molecule has 0 radical (unpaired) electrons. The minimum atomic E-state index is -0.317. The number of carbonyl (C=O) groups is 2. The van der Waals surface area contributed by atoms with E-state index in [1.54, 1.807) is 16.8 Å². The van der Waals surface area contributed by atoms with Crippen molar-refractivity contribution in [2.45, 2.75) is 25.2 Å². The van der Waals surface area contributed by atoms with Crippen LogP contribution in [-0.2, 0) is 16.6 Å². The highest BCUT2D eigenvalue weighted by Crippen LogP contribution is 2.47. The zero-order chi connectivity index (χ0) is 21.1. The molecule has 3 atom stereocenters. The van der Waals surface area contributed by atoms with Gasteiger partial charge in [0.1, 0.15) is 11.6 Å². The summed E-state index contributed by atoms with van der Waals surface area (Å²) in [6, 6.07) is 5.76. The molecule has 2 aromatic rings. The molecule has 2 amide bonds. The zero-order valence-corrected chi connectivity index (χ0v) is 17.1. The summed E-state index contributed by atoms with van der Waals surface area (Å²) in [5.41, 5.74) is 1.12. The van der Waals surface area contributed by atoms with Crippen LogP contribution in [0.1, 0.15) is 30.7 Å². The van der Waals surface area contributed by atoms with Crippen LogP contribution in [0.2, 0.25) is 0 Å². The average molecular weight is 414 g/mol. The van der Waals surface area contributed by atoms with E-state index in [0.29, 0.717) is 25.4 Å². The number of likely N-dealkylation sites (tertiary alicyclic amines) is 1. The maximum absolute atomic E-state index is 12.9. The smallest absolute Gasteiger partial charge is 0.226 e. The van der Waals surface area contributed by atoms with Gasteiger partial charge in [0.2, 0.25) is 11.8 Å². The standard InChI is InChI=1S/C22H27FN4O3/c1-26-14-16(12-25-26)19-10-20(19)22(29)24-11-15-6-8-27(13-15)21(28)7-9-30-18-4-2-17(23)3-5-18/h2-5,12,14-15,19-20H,6-11,13H2,1H3,(H,24,29)/t15?,19-,20+/m0/s1.